The van der Waals surface area contributed by atoms with E-state index in [0.717, 1.165) is 10.3 Å². The highest BCUT2D eigenvalue weighted by Crippen LogP contribution is 2.31. The number of sulfone groups is 1. The Balaban J connectivity index is 1.71. The van der Waals surface area contributed by atoms with Gasteiger partial charge in [0.1, 0.15) is 5.75 Å². The Labute approximate surface area is 154 Å². The average Bonchev–Trinajstić information content (AvgIpc) is 2.94. The molecule has 0 saturated carbocycles. The van der Waals surface area contributed by atoms with Crippen LogP contribution in [0.2, 0.25) is 5.02 Å². The zero-order valence-corrected chi connectivity index (χ0v) is 15.7. The highest BCUT2D eigenvalue weighted by Gasteiger charge is 2.19. The van der Waals surface area contributed by atoms with Gasteiger partial charge in [0.2, 0.25) is 5.91 Å². The van der Waals surface area contributed by atoms with Crippen LogP contribution in [0.1, 0.15) is 11.1 Å². The third kappa shape index (κ3) is 4.36. The number of rotatable bonds is 5. The third-order valence-electron chi connectivity index (χ3n) is 3.57. The summed E-state index contributed by atoms with van der Waals surface area (Å²) < 4.78 is 25.2. The van der Waals surface area contributed by atoms with Gasteiger partial charge in [0, 0.05) is 5.02 Å². The largest absolute Gasteiger partial charge is 0.301 e. The van der Waals surface area contributed by atoms with Crippen molar-refractivity contribution in [3.63, 3.8) is 0 Å². The van der Waals surface area contributed by atoms with Crippen molar-refractivity contribution in [3.8, 4) is 0 Å². The molecule has 3 aromatic rings. The van der Waals surface area contributed by atoms with E-state index in [1.807, 2.05) is 19.1 Å². The molecule has 0 aliphatic heterocycles. The molecule has 0 aliphatic carbocycles. The van der Waals surface area contributed by atoms with Crippen LogP contribution in [0.25, 0.3) is 10.2 Å². The first-order valence-electron chi connectivity index (χ1n) is 7.44. The first-order valence-corrected chi connectivity index (χ1v) is 10.5. The summed E-state index contributed by atoms with van der Waals surface area (Å²) in [6.45, 7) is 1.85. The van der Waals surface area contributed by atoms with Gasteiger partial charge in [-0.05, 0) is 30.2 Å². The minimum Gasteiger partial charge on any atom is -0.301 e. The number of benzene rings is 2. The van der Waals surface area contributed by atoms with Crippen molar-refractivity contribution < 1.29 is 13.2 Å². The number of halogens is 1. The summed E-state index contributed by atoms with van der Waals surface area (Å²) in [4.78, 5) is 16.4. The van der Waals surface area contributed by atoms with Crippen LogP contribution in [0.3, 0.4) is 0 Å². The molecule has 1 heterocycles. The number of anilines is 1. The first-order chi connectivity index (χ1) is 11.8. The zero-order valence-electron chi connectivity index (χ0n) is 13.3. The topological polar surface area (TPSA) is 76.1 Å². The van der Waals surface area contributed by atoms with Gasteiger partial charge in [0.15, 0.2) is 15.0 Å². The van der Waals surface area contributed by atoms with Gasteiger partial charge in [-0.1, -0.05) is 53.3 Å². The van der Waals surface area contributed by atoms with Crippen LogP contribution in [0.5, 0.6) is 0 Å². The SMILES string of the molecule is Cc1c(Cl)ccc2sc(NC(=O)CS(=O)(=O)Cc3ccccc3)nc12. The molecule has 0 bridgehead atoms. The molecule has 0 saturated heterocycles. The third-order valence-corrected chi connectivity index (χ3v) is 6.40. The van der Waals surface area contributed by atoms with Crippen LogP contribution in [-0.2, 0) is 20.4 Å². The lowest BCUT2D eigenvalue weighted by Crippen LogP contribution is -2.23. The lowest BCUT2D eigenvalue weighted by Gasteiger charge is -2.04. The fourth-order valence-corrected chi connectivity index (χ4v) is 4.76. The fraction of sp³-hybridized carbons (Fsp3) is 0.176. The standard InChI is InChI=1S/C17H15ClN2O3S2/c1-11-13(18)7-8-14-16(11)20-17(24-14)19-15(21)10-25(22,23)9-12-5-3-2-4-6-12/h2-8H,9-10H2,1H3,(H,19,20,21). The predicted molar refractivity (Wildman–Crippen MR) is 102 cm³/mol. The van der Waals surface area contributed by atoms with E-state index in [9.17, 15) is 13.2 Å². The summed E-state index contributed by atoms with van der Waals surface area (Å²) in [5.41, 5.74) is 2.19. The van der Waals surface area contributed by atoms with Crippen molar-refractivity contribution in [2.45, 2.75) is 12.7 Å². The van der Waals surface area contributed by atoms with E-state index in [4.69, 9.17) is 11.6 Å². The van der Waals surface area contributed by atoms with Gasteiger partial charge in [0.25, 0.3) is 0 Å². The zero-order chi connectivity index (χ0) is 18.0. The minimum atomic E-state index is -3.56. The van der Waals surface area contributed by atoms with E-state index < -0.39 is 21.5 Å². The van der Waals surface area contributed by atoms with Crippen molar-refractivity contribution in [2.24, 2.45) is 0 Å². The van der Waals surface area contributed by atoms with Gasteiger partial charge in [-0.3, -0.25) is 4.79 Å². The van der Waals surface area contributed by atoms with Crippen LogP contribution >= 0.6 is 22.9 Å². The molecule has 5 nitrogen and oxygen atoms in total. The molecule has 1 amide bonds. The Morgan fingerprint density at radius 2 is 1.92 bits per heavy atom. The molecule has 0 unspecified atom stereocenters. The van der Waals surface area contributed by atoms with Crippen molar-refractivity contribution in [3.05, 3.63) is 58.6 Å². The number of carbonyl (C=O) groups excluding carboxylic acids is 1. The summed E-state index contributed by atoms with van der Waals surface area (Å²) in [5, 5.41) is 3.53. The highest BCUT2D eigenvalue weighted by atomic mass is 35.5. The molecule has 1 N–H and O–H groups in total. The highest BCUT2D eigenvalue weighted by molar-refractivity contribution is 7.91. The smallest absolute Gasteiger partial charge is 0.241 e. The Morgan fingerprint density at radius 1 is 1.20 bits per heavy atom. The molecule has 8 heteroatoms. The van der Waals surface area contributed by atoms with Crippen LogP contribution in [0.15, 0.2) is 42.5 Å². The van der Waals surface area contributed by atoms with Crippen LogP contribution < -0.4 is 5.32 Å². The van der Waals surface area contributed by atoms with E-state index in [2.05, 4.69) is 10.3 Å². The van der Waals surface area contributed by atoms with E-state index >= 15 is 0 Å². The molecule has 25 heavy (non-hydrogen) atoms. The summed E-state index contributed by atoms with van der Waals surface area (Å²) in [6.07, 6.45) is 0. The number of amides is 1. The number of carbonyl (C=O) groups is 1. The minimum absolute atomic E-state index is 0.171. The summed E-state index contributed by atoms with van der Waals surface area (Å²) in [6, 6.07) is 12.4. The lowest BCUT2D eigenvalue weighted by molar-refractivity contribution is -0.113. The fourth-order valence-electron chi connectivity index (χ4n) is 2.39. The summed E-state index contributed by atoms with van der Waals surface area (Å²) >= 11 is 7.35. The van der Waals surface area contributed by atoms with E-state index in [1.165, 1.54) is 11.3 Å². The van der Waals surface area contributed by atoms with Crippen LogP contribution in [0.4, 0.5) is 5.13 Å². The number of hydrogen-bond donors (Lipinski definition) is 1. The van der Waals surface area contributed by atoms with Crippen molar-refractivity contribution >= 4 is 54.0 Å². The van der Waals surface area contributed by atoms with Crippen LogP contribution in [0, 0.1) is 6.92 Å². The molecule has 0 aliphatic rings. The normalized spacial score (nSPS) is 11.6. The molecular formula is C17H15ClN2O3S2. The number of aryl methyl sites for hydroxylation is 1. The molecule has 1 aromatic heterocycles. The van der Waals surface area contributed by atoms with E-state index in [1.54, 1.807) is 30.3 Å². The number of thiazole rings is 1. The average molecular weight is 395 g/mol. The number of fused-ring (bicyclic) bond motifs is 1. The maximum atomic E-state index is 12.2. The quantitative estimate of drug-likeness (QED) is 0.713. The van der Waals surface area contributed by atoms with Gasteiger partial charge in [0.05, 0.1) is 16.0 Å². The van der Waals surface area contributed by atoms with Crippen molar-refractivity contribution in [2.75, 3.05) is 11.1 Å². The predicted octanol–water partition coefficient (Wildman–Crippen LogP) is 3.81. The number of nitrogens with zero attached hydrogens (tertiary/aromatic N) is 1. The molecule has 0 spiro atoms. The second-order valence-electron chi connectivity index (χ2n) is 5.60. The second kappa shape index (κ2) is 7.11. The number of aromatic nitrogens is 1. The second-order valence-corrected chi connectivity index (χ2v) is 9.11. The first kappa shape index (κ1) is 17.8. The maximum absolute atomic E-state index is 12.2. The molecule has 3 rings (SSSR count). The van der Waals surface area contributed by atoms with Crippen molar-refractivity contribution in [1.29, 1.82) is 0 Å². The van der Waals surface area contributed by atoms with E-state index in [-0.39, 0.29) is 5.75 Å². The summed E-state index contributed by atoms with van der Waals surface area (Å²) in [5.74, 6) is -1.35. The van der Waals surface area contributed by atoms with Gasteiger partial charge in [-0.2, -0.15) is 0 Å². The van der Waals surface area contributed by atoms with Crippen molar-refractivity contribution in [1.82, 2.24) is 4.98 Å². The van der Waals surface area contributed by atoms with Gasteiger partial charge in [-0.15, -0.1) is 0 Å². The molecule has 0 atom stereocenters. The number of nitrogens with one attached hydrogen (secondary N) is 1. The monoisotopic (exact) mass is 394 g/mol. The van der Waals surface area contributed by atoms with Gasteiger partial charge < -0.3 is 5.32 Å². The molecule has 0 radical (unpaired) electrons. The Hall–Kier alpha value is -1.96. The van der Waals surface area contributed by atoms with Gasteiger partial charge in [-0.25, -0.2) is 13.4 Å². The molecule has 130 valence electrons. The van der Waals surface area contributed by atoms with Crippen LogP contribution in [-0.4, -0.2) is 25.1 Å². The molecule has 0 fully saturated rings. The molecular weight excluding hydrogens is 380 g/mol. The molecule has 2 aromatic carbocycles. The van der Waals surface area contributed by atoms with Gasteiger partial charge >= 0.3 is 0 Å². The van der Waals surface area contributed by atoms with E-state index in [0.29, 0.717) is 21.2 Å². The Kier molecular flexibility index (Phi) is 5.08. The maximum Gasteiger partial charge on any atom is 0.241 e. The Bertz CT molecular complexity index is 1030. The lowest BCUT2D eigenvalue weighted by atomic mass is 10.2. The summed E-state index contributed by atoms with van der Waals surface area (Å²) in [7, 11) is -3.56. The Morgan fingerprint density at radius 3 is 2.64 bits per heavy atom. The number of hydrogen-bond acceptors (Lipinski definition) is 5.